The molecule has 0 spiro atoms. The fraction of sp³-hybridized carbons (Fsp3) is 0.0625. The van der Waals surface area contributed by atoms with Crippen LogP contribution in [-0.4, -0.2) is 0 Å². The lowest BCUT2D eigenvalue weighted by atomic mass is 9.67. The Morgan fingerprint density at radius 1 is 0.531 bits per heavy atom. The summed E-state index contributed by atoms with van der Waals surface area (Å²) in [6, 6.07) is 37.6. The quantitative estimate of drug-likeness (QED) is 0.256. The number of allylic oxidation sites excluding steroid dienone is 5. The first-order chi connectivity index (χ1) is 15.9. The van der Waals surface area contributed by atoms with Gasteiger partial charge in [0.15, 0.2) is 0 Å². The van der Waals surface area contributed by atoms with E-state index in [-0.39, 0.29) is 5.41 Å². The molecular weight excluding hydrogens is 384 g/mol. The van der Waals surface area contributed by atoms with E-state index in [9.17, 15) is 0 Å². The van der Waals surface area contributed by atoms with Gasteiger partial charge in [0.2, 0.25) is 0 Å². The predicted octanol–water partition coefficient (Wildman–Crippen LogP) is 8.20. The molecule has 0 fully saturated rings. The van der Waals surface area contributed by atoms with Gasteiger partial charge in [0.25, 0.3) is 0 Å². The highest BCUT2D eigenvalue weighted by molar-refractivity contribution is 5.87. The SMILES string of the molecule is C/C=C/C=C\C=C/c1ccc2c(c1)C(c1ccccc1)(c1ccccc1)c1ccccc1-2. The van der Waals surface area contributed by atoms with Gasteiger partial charge in [-0.1, -0.05) is 134 Å². The summed E-state index contributed by atoms with van der Waals surface area (Å²) < 4.78 is 0. The van der Waals surface area contributed by atoms with Crippen molar-refractivity contribution >= 4 is 6.08 Å². The molecule has 0 heterocycles. The van der Waals surface area contributed by atoms with Gasteiger partial charge in [-0.3, -0.25) is 0 Å². The van der Waals surface area contributed by atoms with Crippen molar-refractivity contribution in [3.05, 3.63) is 161 Å². The summed E-state index contributed by atoms with van der Waals surface area (Å²) in [5.74, 6) is 0. The molecule has 4 aromatic rings. The van der Waals surface area contributed by atoms with Crippen molar-refractivity contribution < 1.29 is 0 Å². The Morgan fingerprint density at radius 3 is 1.81 bits per heavy atom. The zero-order valence-corrected chi connectivity index (χ0v) is 18.3. The average molecular weight is 411 g/mol. The van der Waals surface area contributed by atoms with Crippen molar-refractivity contribution in [2.45, 2.75) is 12.3 Å². The Hall–Kier alpha value is -3.90. The van der Waals surface area contributed by atoms with Gasteiger partial charge in [0.05, 0.1) is 5.41 Å². The number of hydrogen-bond donors (Lipinski definition) is 0. The smallest absolute Gasteiger partial charge is 0.0713 e. The van der Waals surface area contributed by atoms with Crippen molar-refractivity contribution in [3.8, 4) is 11.1 Å². The minimum absolute atomic E-state index is 0.334. The molecule has 5 rings (SSSR count). The molecule has 0 aromatic heterocycles. The van der Waals surface area contributed by atoms with Crippen LogP contribution in [0.5, 0.6) is 0 Å². The van der Waals surface area contributed by atoms with E-state index in [0.717, 1.165) is 0 Å². The van der Waals surface area contributed by atoms with Crippen LogP contribution in [0.1, 0.15) is 34.7 Å². The molecule has 154 valence electrons. The summed E-state index contributed by atoms with van der Waals surface area (Å²) in [5, 5.41) is 0. The molecule has 1 aliphatic rings. The summed E-state index contributed by atoms with van der Waals surface area (Å²) >= 11 is 0. The molecule has 0 aliphatic heterocycles. The van der Waals surface area contributed by atoms with Gasteiger partial charge >= 0.3 is 0 Å². The zero-order valence-electron chi connectivity index (χ0n) is 18.3. The zero-order chi connectivity index (χ0) is 21.8. The van der Waals surface area contributed by atoms with Crippen molar-refractivity contribution in [1.82, 2.24) is 0 Å². The Kier molecular flexibility index (Phi) is 5.44. The molecule has 1 aliphatic carbocycles. The van der Waals surface area contributed by atoms with Crippen molar-refractivity contribution in [2.75, 3.05) is 0 Å². The van der Waals surface area contributed by atoms with Crippen LogP contribution in [0.15, 0.2) is 134 Å². The minimum Gasteiger partial charge on any atom is -0.0877 e. The summed E-state index contributed by atoms with van der Waals surface area (Å²) in [5.41, 5.74) is 8.79. The molecule has 0 saturated heterocycles. The third kappa shape index (κ3) is 3.25. The van der Waals surface area contributed by atoms with Crippen LogP contribution < -0.4 is 0 Å². The molecule has 0 N–H and O–H groups in total. The van der Waals surface area contributed by atoms with Crippen LogP contribution in [0.2, 0.25) is 0 Å². The first kappa shape index (κ1) is 20.0. The van der Waals surface area contributed by atoms with E-state index in [1.807, 2.05) is 19.1 Å². The third-order valence-electron chi connectivity index (χ3n) is 6.30. The van der Waals surface area contributed by atoms with E-state index in [4.69, 9.17) is 0 Å². The van der Waals surface area contributed by atoms with Gasteiger partial charge < -0.3 is 0 Å². The maximum absolute atomic E-state index is 2.37. The topological polar surface area (TPSA) is 0 Å². The first-order valence-corrected chi connectivity index (χ1v) is 11.2. The van der Waals surface area contributed by atoms with Crippen molar-refractivity contribution in [2.24, 2.45) is 0 Å². The van der Waals surface area contributed by atoms with Crippen LogP contribution in [0.4, 0.5) is 0 Å². The van der Waals surface area contributed by atoms with E-state index >= 15 is 0 Å². The summed E-state index contributed by atoms with van der Waals surface area (Å²) in [6.07, 6.45) is 12.5. The Morgan fingerprint density at radius 2 is 1.12 bits per heavy atom. The van der Waals surface area contributed by atoms with E-state index in [2.05, 4.69) is 127 Å². The van der Waals surface area contributed by atoms with Gasteiger partial charge in [-0.05, 0) is 51.9 Å². The summed E-state index contributed by atoms with van der Waals surface area (Å²) in [4.78, 5) is 0. The summed E-state index contributed by atoms with van der Waals surface area (Å²) in [6.45, 7) is 2.03. The maximum Gasteiger partial charge on any atom is 0.0713 e. The molecule has 32 heavy (non-hydrogen) atoms. The molecule has 0 radical (unpaired) electrons. The van der Waals surface area contributed by atoms with Crippen LogP contribution in [0.3, 0.4) is 0 Å². The lowest BCUT2D eigenvalue weighted by Crippen LogP contribution is -2.28. The highest BCUT2D eigenvalue weighted by Gasteiger charge is 2.45. The molecule has 0 amide bonds. The molecule has 0 saturated carbocycles. The average Bonchev–Trinajstić information content (AvgIpc) is 3.15. The maximum atomic E-state index is 2.37. The standard InChI is InChI=1S/C32H26/c1-2-3-4-5-8-15-25-22-23-29-28-20-13-14-21-30(28)32(31(29)24-25,26-16-9-6-10-17-26)27-18-11-7-12-19-27/h2-24H,1H3/b3-2+,5-4-,15-8-. The highest BCUT2D eigenvalue weighted by Crippen LogP contribution is 2.56. The van der Waals surface area contributed by atoms with Gasteiger partial charge in [0, 0.05) is 0 Å². The van der Waals surface area contributed by atoms with Gasteiger partial charge in [0.1, 0.15) is 0 Å². The fourth-order valence-corrected chi connectivity index (χ4v) is 4.97. The Balaban J connectivity index is 1.79. The van der Waals surface area contributed by atoms with Gasteiger partial charge in [-0.25, -0.2) is 0 Å². The second-order valence-corrected chi connectivity index (χ2v) is 8.10. The number of fused-ring (bicyclic) bond motifs is 3. The molecule has 0 bridgehead atoms. The number of benzene rings is 4. The fourth-order valence-electron chi connectivity index (χ4n) is 4.97. The van der Waals surface area contributed by atoms with Crippen LogP contribution >= 0.6 is 0 Å². The predicted molar refractivity (Wildman–Crippen MR) is 137 cm³/mol. The number of hydrogen-bond acceptors (Lipinski definition) is 0. The molecule has 0 nitrogen and oxygen atoms in total. The second-order valence-electron chi connectivity index (χ2n) is 8.10. The third-order valence-corrected chi connectivity index (χ3v) is 6.30. The van der Waals surface area contributed by atoms with E-state index in [1.54, 1.807) is 0 Å². The molecule has 0 atom stereocenters. The summed E-state index contributed by atoms with van der Waals surface area (Å²) in [7, 11) is 0. The molecule has 0 unspecified atom stereocenters. The monoisotopic (exact) mass is 410 g/mol. The van der Waals surface area contributed by atoms with Crippen molar-refractivity contribution in [3.63, 3.8) is 0 Å². The van der Waals surface area contributed by atoms with E-state index in [0.29, 0.717) is 0 Å². The normalized spacial score (nSPS) is 14.3. The van der Waals surface area contributed by atoms with Gasteiger partial charge in [-0.2, -0.15) is 0 Å². The largest absolute Gasteiger partial charge is 0.0877 e. The number of rotatable bonds is 5. The second kappa shape index (κ2) is 8.69. The minimum atomic E-state index is -0.334. The van der Waals surface area contributed by atoms with Crippen LogP contribution in [0.25, 0.3) is 17.2 Å². The van der Waals surface area contributed by atoms with Gasteiger partial charge in [-0.15, -0.1) is 0 Å². The first-order valence-electron chi connectivity index (χ1n) is 11.2. The van der Waals surface area contributed by atoms with E-state index < -0.39 is 0 Å². The van der Waals surface area contributed by atoms with Crippen LogP contribution in [-0.2, 0) is 5.41 Å². The van der Waals surface area contributed by atoms with Crippen LogP contribution in [0, 0.1) is 0 Å². The lowest BCUT2D eigenvalue weighted by molar-refractivity contribution is 0.768. The Bertz CT molecular complexity index is 1270. The molecular formula is C32H26. The Labute approximate surface area is 190 Å². The lowest BCUT2D eigenvalue weighted by Gasteiger charge is -2.34. The molecule has 0 heteroatoms. The van der Waals surface area contributed by atoms with Crippen molar-refractivity contribution in [1.29, 1.82) is 0 Å². The van der Waals surface area contributed by atoms with E-state index in [1.165, 1.54) is 38.9 Å². The molecule has 4 aromatic carbocycles. The highest BCUT2D eigenvalue weighted by atomic mass is 14.5.